The zero-order chi connectivity index (χ0) is 15.2. The van der Waals surface area contributed by atoms with Gasteiger partial charge in [-0.05, 0) is 43.8 Å². The minimum atomic E-state index is 0.710. The van der Waals surface area contributed by atoms with Crippen LogP contribution in [0.15, 0.2) is 29.4 Å². The number of nitrogens with one attached hydrogen (secondary N) is 1. The first-order valence-corrected chi connectivity index (χ1v) is 8.85. The van der Waals surface area contributed by atoms with E-state index in [4.69, 9.17) is 4.74 Å². The van der Waals surface area contributed by atoms with Crippen molar-refractivity contribution in [3.05, 3.63) is 24.3 Å². The van der Waals surface area contributed by atoms with Gasteiger partial charge in [-0.3, -0.25) is 10.00 Å². The Balaban J connectivity index is 1.65. The SMILES string of the molecule is CCSc1n[nH]c(-c2ccccc2OCCN2CCCC2)n1. The second-order valence-corrected chi connectivity index (χ2v) is 6.52. The third kappa shape index (κ3) is 3.81. The van der Waals surface area contributed by atoms with Crippen LogP contribution in [0.5, 0.6) is 5.75 Å². The number of ether oxygens (including phenoxy) is 1. The lowest BCUT2D eigenvalue weighted by Crippen LogP contribution is -2.25. The van der Waals surface area contributed by atoms with Crippen molar-refractivity contribution in [2.45, 2.75) is 24.9 Å². The van der Waals surface area contributed by atoms with Gasteiger partial charge in [0.25, 0.3) is 0 Å². The highest BCUT2D eigenvalue weighted by molar-refractivity contribution is 7.99. The number of hydrogen-bond acceptors (Lipinski definition) is 5. The van der Waals surface area contributed by atoms with Crippen LogP contribution in [-0.2, 0) is 0 Å². The zero-order valence-electron chi connectivity index (χ0n) is 12.9. The van der Waals surface area contributed by atoms with E-state index < -0.39 is 0 Å². The second kappa shape index (κ2) is 7.65. The van der Waals surface area contributed by atoms with Gasteiger partial charge in [-0.25, -0.2) is 4.98 Å². The summed E-state index contributed by atoms with van der Waals surface area (Å²) in [7, 11) is 0. The molecule has 0 unspecified atom stereocenters. The smallest absolute Gasteiger partial charge is 0.208 e. The molecule has 1 aromatic carbocycles. The third-order valence-corrected chi connectivity index (χ3v) is 4.47. The topological polar surface area (TPSA) is 54.0 Å². The van der Waals surface area contributed by atoms with Crippen molar-refractivity contribution in [1.29, 1.82) is 0 Å². The lowest BCUT2D eigenvalue weighted by atomic mass is 10.2. The molecule has 1 aliphatic heterocycles. The summed E-state index contributed by atoms with van der Waals surface area (Å²) in [6.07, 6.45) is 2.62. The van der Waals surface area contributed by atoms with Crippen LogP contribution in [0.2, 0.25) is 0 Å². The van der Waals surface area contributed by atoms with Crippen molar-refractivity contribution in [2.75, 3.05) is 32.0 Å². The molecule has 22 heavy (non-hydrogen) atoms. The van der Waals surface area contributed by atoms with E-state index in [-0.39, 0.29) is 0 Å². The number of nitrogens with zero attached hydrogens (tertiary/aromatic N) is 3. The lowest BCUT2D eigenvalue weighted by Gasteiger charge is -2.16. The molecule has 3 rings (SSSR count). The van der Waals surface area contributed by atoms with Crippen molar-refractivity contribution >= 4 is 11.8 Å². The Bertz CT molecular complexity index is 595. The fraction of sp³-hybridized carbons (Fsp3) is 0.500. The van der Waals surface area contributed by atoms with E-state index in [1.165, 1.54) is 25.9 Å². The van der Waals surface area contributed by atoms with Crippen molar-refractivity contribution < 1.29 is 4.74 Å². The Kier molecular flexibility index (Phi) is 5.34. The summed E-state index contributed by atoms with van der Waals surface area (Å²) in [5.41, 5.74) is 0.972. The zero-order valence-corrected chi connectivity index (χ0v) is 13.7. The molecular formula is C16H22N4OS. The van der Waals surface area contributed by atoms with E-state index in [0.717, 1.165) is 34.6 Å². The average Bonchev–Trinajstić information content (AvgIpc) is 3.20. The number of aromatic nitrogens is 3. The Morgan fingerprint density at radius 3 is 2.91 bits per heavy atom. The molecule has 5 nitrogen and oxygen atoms in total. The first-order valence-electron chi connectivity index (χ1n) is 7.86. The molecule has 1 aliphatic rings. The van der Waals surface area contributed by atoms with Gasteiger partial charge in [0.15, 0.2) is 5.82 Å². The summed E-state index contributed by atoms with van der Waals surface area (Å²) >= 11 is 1.63. The van der Waals surface area contributed by atoms with E-state index in [1.54, 1.807) is 11.8 Å². The van der Waals surface area contributed by atoms with Crippen LogP contribution in [0.25, 0.3) is 11.4 Å². The maximum absolute atomic E-state index is 5.99. The molecule has 0 radical (unpaired) electrons. The lowest BCUT2D eigenvalue weighted by molar-refractivity contribution is 0.238. The van der Waals surface area contributed by atoms with E-state index >= 15 is 0 Å². The molecule has 6 heteroatoms. The van der Waals surface area contributed by atoms with Crippen LogP contribution in [0, 0.1) is 0 Å². The van der Waals surface area contributed by atoms with E-state index in [9.17, 15) is 0 Å². The van der Waals surface area contributed by atoms with Crippen LogP contribution in [-0.4, -0.2) is 52.1 Å². The van der Waals surface area contributed by atoms with Crippen molar-refractivity contribution in [2.24, 2.45) is 0 Å². The van der Waals surface area contributed by atoms with Crippen LogP contribution in [0.4, 0.5) is 0 Å². The summed E-state index contributed by atoms with van der Waals surface area (Å²) in [5.74, 6) is 2.60. The predicted octanol–water partition coefficient (Wildman–Crippen LogP) is 3.06. The van der Waals surface area contributed by atoms with Gasteiger partial charge in [0.2, 0.25) is 5.16 Å². The number of para-hydroxylation sites is 1. The molecule has 118 valence electrons. The molecule has 1 N–H and O–H groups in total. The highest BCUT2D eigenvalue weighted by Crippen LogP contribution is 2.28. The van der Waals surface area contributed by atoms with Gasteiger partial charge >= 0.3 is 0 Å². The summed E-state index contributed by atoms with van der Waals surface area (Å²) < 4.78 is 5.99. The minimum Gasteiger partial charge on any atom is -0.491 e. The van der Waals surface area contributed by atoms with Gasteiger partial charge in [0.1, 0.15) is 12.4 Å². The molecule has 2 heterocycles. The normalized spacial score (nSPS) is 15.3. The molecule has 0 atom stereocenters. The fourth-order valence-electron chi connectivity index (χ4n) is 2.64. The Morgan fingerprint density at radius 2 is 2.09 bits per heavy atom. The van der Waals surface area contributed by atoms with E-state index in [0.29, 0.717) is 6.61 Å². The van der Waals surface area contributed by atoms with Gasteiger partial charge in [-0.15, -0.1) is 5.10 Å². The quantitative estimate of drug-likeness (QED) is 0.795. The number of hydrogen-bond donors (Lipinski definition) is 1. The van der Waals surface area contributed by atoms with Crippen molar-refractivity contribution in [1.82, 2.24) is 20.1 Å². The summed E-state index contributed by atoms with van der Waals surface area (Å²) in [6.45, 7) is 6.19. The third-order valence-electron chi connectivity index (χ3n) is 3.74. The number of H-pyrrole nitrogens is 1. The largest absolute Gasteiger partial charge is 0.491 e. The molecule has 2 aromatic rings. The fourth-order valence-corrected chi connectivity index (χ4v) is 3.16. The first kappa shape index (κ1) is 15.4. The first-order chi connectivity index (χ1) is 10.9. The van der Waals surface area contributed by atoms with Crippen LogP contribution in [0.3, 0.4) is 0 Å². The maximum Gasteiger partial charge on any atom is 0.208 e. The number of likely N-dealkylation sites (tertiary alicyclic amines) is 1. The molecule has 1 fully saturated rings. The van der Waals surface area contributed by atoms with Crippen LogP contribution >= 0.6 is 11.8 Å². The van der Waals surface area contributed by atoms with E-state index in [2.05, 4.69) is 27.0 Å². The monoisotopic (exact) mass is 318 g/mol. The highest BCUT2D eigenvalue weighted by Gasteiger charge is 2.13. The highest BCUT2D eigenvalue weighted by atomic mass is 32.2. The molecule has 1 aromatic heterocycles. The summed E-state index contributed by atoms with van der Waals surface area (Å²) in [6, 6.07) is 8.01. The van der Waals surface area contributed by atoms with Crippen LogP contribution in [0.1, 0.15) is 19.8 Å². The Hall–Kier alpha value is -1.53. The summed E-state index contributed by atoms with van der Waals surface area (Å²) in [4.78, 5) is 6.97. The Morgan fingerprint density at radius 1 is 1.27 bits per heavy atom. The van der Waals surface area contributed by atoms with Crippen molar-refractivity contribution in [3.8, 4) is 17.1 Å². The molecular weight excluding hydrogens is 296 g/mol. The molecule has 0 bridgehead atoms. The summed E-state index contributed by atoms with van der Waals surface area (Å²) in [5, 5.41) is 8.02. The van der Waals surface area contributed by atoms with E-state index in [1.807, 2.05) is 24.3 Å². The number of aromatic amines is 1. The number of benzene rings is 1. The molecule has 0 saturated carbocycles. The van der Waals surface area contributed by atoms with Gasteiger partial charge in [0.05, 0.1) is 5.56 Å². The van der Waals surface area contributed by atoms with Crippen LogP contribution < -0.4 is 4.74 Å². The minimum absolute atomic E-state index is 0.710. The molecule has 0 spiro atoms. The Labute approximate surface area is 135 Å². The second-order valence-electron chi connectivity index (χ2n) is 5.29. The van der Waals surface area contributed by atoms with Gasteiger partial charge in [0, 0.05) is 6.54 Å². The number of thioether (sulfide) groups is 1. The standard InChI is InChI=1S/C16H22N4OS/c1-2-22-16-17-15(18-19-16)13-7-3-4-8-14(13)21-12-11-20-9-5-6-10-20/h3-4,7-8H,2,5-6,9-12H2,1H3,(H,17,18,19). The van der Waals surface area contributed by atoms with Crippen molar-refractivity contribution in [3.63, 3.8) is 0 Å². The van der Waals surface area contributed by atoms with Gasteiger partial charge < -0.3 is 4.74 Å². The molecule has 0 aliphatic carbocycles. The maximum atomic E-state index is 5.99. The average molecular weight is 318 g/mol. The van der Waals surface area contributed by atoms with Gasteiger partial charge in [-0.1, -0.05) is 30.8 Å². The molecule has 1 saturated heterocycles. The number of rotatable bonds is 7. The molecule has 0 amide bonds. The predicted molar refractivity (Wildman–Crippen MR) is 89.4 cm³/mol. The van der Waals surface area contributed by atoms with Gasteiger partial charge in [-0.2, -0.15) is 0 Å².